The highest BCUT2D eigenvalue weighted by molar-refractivity contribution is 7.92. The Labute approximate surface area is 160 Å². The third-order valence-corrected chi connectivity index (χ3v) is 6.47. The van der Waals surface area contributed by atoms with E-state index in [1.807, 2.05) is 0 Å². The highest BCUT2D eigenvalue weighted by Gasteiger charge is 2.29. The third kappa shape index (κ3) is 4.64. The Kier molecular flexibility index (Phi) is 5.47. The van der Waals surface area contributed by atoms with Crippen molar-refractivity contribution in [2.45, 2.75) is 29.7 Å². The molecule has 1 aliphatic rings. The molecule has 0 radical (unpaired) electrons. The van der Waals surface area contributed by atoms with Gasteiger partial charge in [-0.15, -0.1) is 0 Å². The Morgan fingerprint density at radius 2 is 2.07 bits per heavy atom. The molecule has 10 heteroatoms. The summed E-state index contributed by atoms with van der Waals surface area (Å²) in [6, 6.07) is 7.12. The quantitative estimate of drug-likeness (QED) is 0.693. The largest absolute Gasteiger partial charge is 0.472 e. The Morgan fingerprint density at radius 3 is 2.70 bits per heavy atom. The molecule has 0 aliphatic heterocycles. The molecule has 27 heavy (non-hydrogen) atoms. The Balaban J connectivity index is 1.78. The second-order valence-electron chi connectivity index (χ2n) is 6.15. The van der Waals surface area contributed by atoms with Crippen LogP contribution >= 0.6 is 11.5 Å². The van der Waals surface area contributed by atoms with Gasteiger partial charge in [0.15, 0.2) is 19.6 Å². The molecule has 2 aromatic rings. The maximum absolute atomic E-state index is 12.1. The molecule has 144 valence electrons. The molecule has 1 aromatic heterocycles. The van der Waals surface area contributed by atoms with Crippen LogP contribution in [0.1, 0.15) is 39.1 Å². The molecule has 0 atom stereocenters. The minimum Gasteiger partial charge on any atom is -0.472 e. The second kappa shape index (κ2) is 7.65. The van der Waals surface area contributed by atoms with E-state index < -0.39 is 15.8 Å². The van der Waals surface area contributed by atoms with Crippen molar-refractivity contribution < 1.29 is 27.5 Å². The van der Waals surface area contributed by atoms with Crippen molar-refractivity contribution >= 4 is 33.2 Å². The number of nitrogens with zero attached hydrogens (tertiary/aromatic N) is 1. The molecule has 8 nitrogen and oxygen atoms in total. The summed E-state index contributed by atoms with van der Waals surface area (Å²) < 4.78 is 37.6. The van der Waals surface area contributed by atoms with Gasteiger partial charge < -0.3 is 14.8 Å². The first-order valence-electron chi connectivity index (χ1n) is 8.10. The van der Waals surface area contributed by atoms with Gasteiger partial charge in [0.1, 0.15) is 6.61 Å². The fourth-order valence-electron chi connectivity index (χ4n) is 2.34. The predicted molar refractivity (Wildman–Crippen MR) is 97.8 cm³/mol. The predicted octanol–water partition coefficient (Wildman–Crippen LogP) is 1.80. The lowest BCUT2D eigenvalue weighted by Gasteiger charge is -2.08. The van der Waals surface area contributed by atoms with Crippen LogP contribution in [0, 0.1) is 0 Å². The summed E-state index contributed by atoms with van der Waals surface area (Å²) in [7, 11) is -2.50. The van der Waals surface area contributed by atoms with Crippen LogP contribution < -0.4 is 10.1 Å². The molecule has 1 heterocycles. The Bertz CT molecular complexity index is 979. The molecule has 0 unspecified atom stereocenters. The first-order valence-corrected chi connectivity index (χ1v) is 10.8. The number of amides is 1. The van der Waals surface area contributed by atoms with Crippen LogP contribution in [0.4, 0.5) is 0 Å². The van der Waals surface area contributed by atoms with Gasteiger partial charge >= 0.3 is 5.97 Å². The summed E-state index contributed by atoms with van der Waals surface area (Å²) in [5, 5.41) is 2.90. The van der Waals surface area contributed by atoms with E-state index >= 15 is 0 Å². The summed E-state index contributed by atoms with van der Waals surface area (Å²) in [4.78, 5) is 24.1. The van der Waals surface area contributed by atoms with Crippen molar-refractivity contribution in [3.8, 4) is 5.88 Å². The minimum absolute atomic E-state index is 0.0154. The molecule has 1 saturated carbocycles. The maximum atomic E-state index is 12.1. The van der Waals surface area contributed by atoms with Crippen molar-refractivity contribution in [3.05, 3.63) is 41.0 Å². The smallest absolute Gasteiger partial charge is 0.345 e. The molecule has 1 N–H and O–H groups in total. The van der Waals surface area contributed by atoms with Crippen LogP contribution in [-0.4, -0.2) is 44.1 Å². The number of aromatic nitrogens is 1. The van der Waals surface area contributed by atoms with Crippen LogP contribution in [0.3, 0.4) is 0 Å². The summed E-state index contributed by atoms with van der Waals surface area (Å²) >= 11 is 0.656. The van der Waals surface area contributed by atoms with Crippen LogP contribution in [0.5, 0.6) is 5.88 Å². The van der Waals surface area contributed by atoms with Gasteiger partial charge in [-0.25, -0.2) is 13.2 Å². The lowest BCUT2D eigenvalue weighted by Crippen LogP contribution is -2.25. The van der Waals surface area contributed by atoms with Gasteiger partial charge in [-0.2, -0.15) is 4.37 Å². The number of nitrogens with one attached hydrogen (secondary N) is 1. The zero-order valence-corrected chi connectivity index (χ0v) is 16.4. The molecule has 0 spiro atoms. The fraction of sp³-hybridized carbons (Fsp3) is 0.353. The number of hydrogen-bond acceptors (Lipinski definition) is 8. The molecule has 1 aromatic carbocycles. The van der Waals surface area contributed by atoms with Gasteiger partial charge in [0.2, 0.25) is 5.88 Å². The van der Waals surface area contributed by atoms with Gasteiger partial charge in [-0.1, -0.05) is 12.1 Å². The standard InChI is InChI=1S/C17H18N2O6S2/c1-24-16(21)13-15(19-26-17(13)27(2,22)23)25-9-10-4-3-5-11(8-10)14(20)18-12-6-7-12/h3-5,8,12H,6-7,9H2,1-2H3,(H,18,20). The van der Waals surface area contributed by atoms with Gasteiger partial charge in [-0.05, 0) is 42.1 Å². The number of methoxy groups -OCH3 is 1. The van der Waals surface area contributed by atoms with Gasteiger partial charge in [0, 0.05) is 17.9 Å². The van der Waals surface area contributed by atoms with E-state index in [9.17, 15) is 18.0 Å². The molecule has 1 amide bonds. The molecule has 1 aliphatic carbocycles. The van der Waals surface area contributed by atoms with E-state index in [1.54, 1.807) is 24.3 Å². The van der Waals surface area contributed by atoms with Crippen molar-refractivity contribution in [1.29, 1.82) is 0 Å². The third-order valence-electron chi connectivity index (χ3n) is 3.83. The number of carbonyl (C=O) groups is 2. The normalized spacial score (nSPS) is 13.9. The molecular formula is C17H18N2O6S2. The first kappa shape index (κ1) is 19.3. The van der Waals surface area contributed by atoms with Crippen LogP contribution in [0.15, 0.2) is 28.5 Å². The Hall–Kier alpha value is -2.46. The number of hydrogen-bond donors (Lipinski definition) is 1. The SMILES string of the molecule is COC(=O)c1c(OCc2cccc(C(=O)NC3CC3)c2)nsc1S(C)(=O)=O. The van der Waals surface area contributed by atoms with Crippen molar-refractivity contribution in [1.82, 2.24) is 9.69 Å². The van der Waals surface area contributed by atoms with Crippen LogP contribution in [0.2, 0.25) is 0 Å². The van der Waals surface area contributed by atoms with Crippen molar-refractivity contribution in [3.63, 3.8) is 0 Å². The van der Waals surface area contributed by atoms with E-state index in [0.29, 0.717) is 22.7 Å². The van der Waals surface area contributed by atoms with Crippen LogP contribution in [0.25, 0.3) is 0 Å². The minimum atomic E-state index is -3.65. The molecule has 0 bridgehead atoms. The van der Waals surface area contributed by atoms with E-state index in [1.165, 1.54) is 0 Å². The number of benzene rings is 1. The lowest BCUT2D eigenvalue weighted by atomic mass is 10.1. The van der Waals surface area contributed by atoms with Gasteiger partial charge in [-0.3, -0.25) is 4.79 Å². The molecule has 1 fully saturated rings. The number of esters is 1. The average molecular weight is 410 g/mol. The topological polar surface area (TPSA) is 112 Å². The molecular weight excluding hydrogens is 392 g/mol. The summed E-state index contributed by atoms with van der Waals surface area (Å²) in [6.45, 7) is 0.0154. The van der Waals surface area contributed by atoms with E-state index in [-0.39, 0.29) is 34.2 Å². The molecule has 3 rings (SSSR count). The monoisotopic (exact) mass is 410 g/mol. The highest BCUT2D eigenvalue weighted by Crippen LogP contribution is 2.31. The number of sulfone groups is 1. The molecule has 0 saturated heterocycles. The average Bonchev–Trinajstić information content (AvgIpc) is 3.33. The van der Waals surface area contributed by atoms with Gasteiger partial charge in [0.05, 0.1) is 7.11 Å². The van der Waals surface area contributed by atoms with E-state index in [0.717, 1.165) is 26.2 Å². The number of carbonyl (C=O) groups excluding carboxylic acids is 2. The lowest BCUT2D eigenvalue weighted by molar-refractivity contribution is 0.0591. The van der Waals surface area contributed by atoms with Gasteiger partial charge in [0.25, 0.3) is 5.91 Å². The first-order chi connectivity index (χ1) is 12.8. The van der Waals surface area contributed by atoms with Crippen molar-refractivity contribution in [2.24, 2.45) is 0 Å². The van der Waals surface area contributed by atoms with Crippen LogP contribution in [-0.2, 0) is 21.2 Å². The summed E-state index contributed by atoms with van der Waals surface area (Å²) in [5.74, 6) is -1.10. The van der Waals surface area contributed by atoms with E-state index in [2.05, 4.69) is 14.4 Å². The maximum Gasteiger partial charge on any atom is 0.345 e. The number of rotatable bonds is 7. The zero-order chi connectivity index (χ0) is 19.6. The number of ether oxygens (including phenoxy) is 2. The summed E-state index contributed by atoms with van der Waals surface area (Å²) in [5.41, 5.74) is 0.974. The van der Waals surface area contributed by atoms with Crippen molar-refractivity contribution in [2.75, 3.05) is 13.4 Å². The fourth-order valence-corrected chi connectivity index (χ4v) is 4.10. The zero-order valence-electron chi connectivity index (χ0n) is 14.7. The second-order valence-corrected chi connectivity index (χ2v) is 9.14. The highest BCUT2D eigenvalue weighted by atomic mass is 32.2. The summed E-state index contributed by atoms with van der Waals surface area (Å²) in [6.07, 6.45) is 2.98. The van der Waals surface area contributed by atoms with E-state index in [4.69, 9.17) is 4.74 Å². The Morgan fingerprint density at radius 1 is 1.33 bits per heavy atom.